The van der Waals surface area contributed by atoms with Crippen molar-refractivity contribution in [1.82, 2.24) is 19.9 Å². The van der Waals surface area contributed by atoms with Gasteiger partial charge in [0.25, 0.3) is 0 Å². The van der Waals surface area contributed by atoms with E-state index in [4.69, 9.17) is 9.15 Å². The van der Waals surface area contributed by atoms with E-state index in [2.05, 4.69) is 19.9 Å². The minimum Gasteiger partial charge on any atom is -0.460 e. The molecule has 4 aromatic heterocycles. The molecule has 0 bridgehead atoms. The summed E-state index contributed by atoms with van der Waals surface area (Å²) in [5.74, 6) is 2.53. The van der Waals surface area contributed by atoms with Gasteiger partial charge in [-0.05, 0) is 43.3 Å². The van der Waals surface area contributed by atoms with E-state index in [1.54, 1.807) is 12.3 Å². The minimum atomic E-state index is -4.33. The van der Waals surface area contributed by atoms with Crippen LogP contribution in [0.3, 0.4) is 0 Å². The summed E-state index contributed by atoms with van der Waals surface area (Å²) in [5.41, 5.74) is 1.59. The second kappa shape index (κ2) is 6.31. The van der Waals surface area contributed by atoms with Gasteiger partial charge in [0.1, 0.15) is 40.2 Å². The predicted octanol–water partition coefficient (Wildman–Crippen LogP) is 6.46. The average Bonchev–Trinajstić information content (AvgIpc) is 3.17. The summed E-state index contributed by atoms with van der Waals surface area (Å²) in [6.45, 7) is 1.20. The topological polar surface area (TPSA) is 79.7 Å². The number of ether oxygens (including phenoxy) is 1. The normalized spacial score (nSPS) is 21.1. The maximum Gasteiger partial charge on any atom is 0.397 e. The van der Waals surface area contributed by atoms with Crippen LogP contribution in [0.2, 0.25) is 0 Å². The molecule has 0 amide bonds. The van der Waals surface area contributed by atoms with E-state index in [-0.39, 0.29) is 12.3 Å². The molecule has 0 fully saturated rings. The van der Waals surface area contributed by atoms with E-state index in [0.717, 1.165) is 33.3 Å². The summed E-state index contributed by atoms with van der Waals surface area (Å²) < 4.78 is 52.6. The Labute approximate surface area is 190 Å². The van der Waals surface area contributed by atoms with Gasteiger partial charge in [-0.15, -0.1) is 0 Å². The third-order valence-corrected chi connectivity index (χ3v) is 6.75. The van der Waals surface area contributed by atoms with Crippen LogP contribution in [0.5, 0.6) is 11.5 Å². The number of allylic oxidation sites excluding steroid dienone is 1. The molecule has 0 aliphatic heterocycles. The van der Waals surface area contributed by atoms with Gasteiger partial charge in [-0.25, -0.2) is 9.97 Å². The summed E-state index contributed by atoms with van der Waals surface area (Å²) in [7, 11) is 0. The fourth-order valence-electron chi connectivity index (χ4n) is 4.74. The summed E-state index contributed by atoms with van der Waals surface area (Å²) in [6, 6.07) is 9.32. The number of fused-ring (bicyclic) bond motifs is 5. The molecule has 4 heterocycles. The number of halogens is 3. The molecule has 34 heavy (non-hydrogen) atoms. The van der Waals surface area contributed by atoms with Gasteiger partial charge in [0.2, 0.25) is 0 Å². The number of hydrogen-bond donors (Lipinski definition) is 2. The first-order valence-electron chi connectivity index (χ1n) is 10.8. The number of hydrogen-bond acceptors (Lipinski definition) is 4. The molecule has 5 aromatic rings. The number of nitrogens with one attached hydrogen (secondary N) is 2. The molecule has 2 atom stereocenters. The summed E-state index contributed by atoms with van der Waals surface area (Å²) in [5, 5.41) is 1.78. The Morgan fingerprint density at radius 1 is 1.18 bits per heavy atom. The highest BCUT2D eigenvalue weighted by Gasteiger charge is 2.51. The maximum absolute atomic E-state index is 13.5. The Bertz CT molecular complexity index is 1640. The Kier molecular flexibility index (Phi) is 3.61. The van der Waals surface area contributed by atoms with Gasteiger partial charge in [-0.2, -0.15) is 13.2 Å². The van der Waals surface area contributed by atoms with Crippen molar-refractivity contribution in [2.24, 2.45) is 5.41 Å². The lowest BCUT2D eigenvalue weighted by Crippen LogP contribution is -2.36. The van der Waals surface area contributed by atoms with E-state index in [1.165, 1.54) is 19.1 Å². The molecular weight excluding hydrogens is 445 g/mol. The number of aromatic amines is 2. The number of aromatic nitrogens is 4. The highest BCUT2D eigenvalue weighted by Crippen LogP contribution is 2.54. The van der Waals surface area contributed by atoms with Crippen LogP contribution in [0.4, 0.5) is 13.2 Å². The van der Waals surface area contributed by atoms with E-state index < -0.39 is 11.6 Å². The summed E-state index contributed by atoms with van der Waals surface area (Å²) in [6.07, 6.45) is 1.65. The molecule has 7 rings (SSSR count). The van der Waals surface area contributed by atoms with Crippen molar-refractivity contribution in [3.8, 4) is 11.5 Å². The van der Waals surface area contributed by atoms with Gasteiger partial charge >= 0.3 is 6.18 Å². The highest BCUT2D eigenvalue weighted by atomic mass is 19.4. The van der Waals surface area contributed by atoms with Gasteiger partial charge in [-0.3, -0.25) is 0 Å². The summed E-state index contributed by atoms with van der Waals surface area (Å²) in [4.78, 5) is 15.0. The van der Waals surface area contributed by atoms with Crippen molar-refractivity contribution in [1.29, 1.82) is 0 Å². The molecule has 2 aliphatic carbocycles. The second-order valence-electron chi connectivity index (χ2n) is 9.03. The Balaban J connectivity index is 1.20. The van der Waals surface area contributed by atoms with Gasteiger partial charge in [0.15, 0.2) is 0 Å². The Morgan fingerprint density at radius 3 is 2.91 bits per heavy atom. The number of pyridine rings is 1. The van der Waals surface area contributed by atoms with Crippen LogP contribution >= 0.6 is 0 Å². The van der Waals surface area contributed by atoms with Crippen LogP contribution in [-0.4, -0.2) is 26.1 Å². The van der Waals surface area contributed by atoms with Crippen molar-refractivity contribution < 1.29 is 22.3 Å². The summed E-state index contributed by atoms with van der Waals surface area (Å²) >= 11 is 0. The largest absolute Gasteiger partial charge is 0.460 e. The standard InChI is InChI=1S/C25H17F3N4O2/c1-24(25(26,27)28)7-4-15-16(11-24)32-23(31-15)20-19-14-10-12(2-3-17(14)34-21(19)20)33-18-6-9-30-22-13(18)5-8-29-22/h2-10,20H,11H2,1H3,(H,29,30)(H,31,32). The quantitative estimate of drug-likeness (QED) is 0.317. The number of nitrogens with zero attached hydrogens (tertiary/aromatic N) is 2. The van der Waals surface area contributed by atoms with Gasteiger partial charge in [0.05, 0.1) is 16.5 Å². The fraction of sp³-hybridized carbons (Fsp3) is 0.200. The molecule has 2 unspecified atom stereocenters. The van der Waals surface area contributed by atoms with Crippen molar-refractivity contribution in [2.75, 3.05) is 0 Å². The first kappa shape index (κ1) is 19.5. The van der Waals surface area contributed by atoms with E-state index in [9.17, 15) is 13.2 Å². The fourth-order valence-corrected chi connectivity index (χ4v) is 4.74. The number of imidazole rings is 1. The number of alkyl halides is 3. The molecule has 2 N–H and O–H groups in total. The zero-order chi connectivity index (χ0) is 23.2. The third kappa shape index (κ3) is 2.69. The van der Waals surface area contributed by atoms with Gasteiger partial charge in [-0.1, -0.05) is 6.08 Å². The van der Waals surface area contributed by atoms with Gasteiger partial charge < -0.3 is 19.1 Å². The minimum absolute atomic E-state index is 0.165. The zero-order valence-corrected chi connectivity index (χ0v) is 17.8. The lowest BCUT2D eigenvalue weighted by molar-refractivity contribution is -0.199. The van der Waals surface area contributed by atoms with E-state index >= 15 is 0 Å². The molecule has 1 aromatic carbocycles. The number of rotatable bonds is 3. The van der Waals surface area contributed by atoms with Crippen LogP contribution in [0.1, 0.15) is 41.4 Å². The van der Waals surface area contributed by atoms with Crippen LogP contribution in [0, 0.1) is 5.41 Å². The van der Waals surface area contributed by atoms with Crippen molar-refractivity contribution in [3.63, 3.8) is 0 Å². The molecule has 0 saturated heterocycles. The van der Waals surface area contributed by atoms with Crippen molar-refractivity contribution in [3.05, 3.63) is 77.3 Å². The molecule has 0 radical (unpaired) electrons. The SMILES string of the molecule is CC1(C(F)(F)F)C=Cc2nc(C3c4oc5ccc(Oc6ccnc7[nH]ccc67)cc5c43)[nH]c2C1. The Hall–Kier alpha value is -4.01. The molecule has 2 aliphatic rings. The molecule has 170 valence electrons. The molecular formula is C25H17F3N4O2. The molecule has 0 spiro atoms. The monoisotopic (exact) mass is 462 g/mol. The molecule has 6 nitrogen and oxygen atoms in total. The van der Waals surface area contributed by atoms with Crippen molar-refractivity contribution >= 4 is 28.1 Å². The smallest absolute Gasteiger partial charge is 0.397 e. The zero-order valence-electron chi connectivity index (χ0n) is 17.8. The number of H-pyrrole nitrogens is 2. The molecule has 0 saturated carbocycles. The third-order valence-electron chi connectivity index (χ3n) is 6.75. The highest BCUT2D eigenvalue weighted by molar-refractivity contribution is 5.91. The van der Waals surface area contributed by atoms with Crippen LogP contribution in [0.15, 0.2) is 53.2 Å². The molecule has 9 heteroatoms. The second-order valence-corrected chi connectivity index (χ2v) is 9.03. The Morgan fingerprint density at radius 2 is 2.06 bits per heavy atom. The number of furan rings is 1. The van der Waals surface area contributed by atoms with Gasteiger partial charge in [0, 0.05) is 35.5 Å². The first-order chi connectivity index (χ1) is 16.3. The van der Waals surface area contributed by atoms with E-state index in [1.807, 2.05) is 30.5 Å². The van der Waals surface area contributed by atoms with E-state index in [0.29, 0.717) is 28.7 Å². The lowest BCUT2D eigenvalue weighted by atomic mass is 9.80. The van der Waals surface area contributed by atoms with Crippen LogP contribution < -0.4 is 4.74 Å². The maximum atomic E-state index is 13.5. The lowest BCUT2D eigenvalue weighted by Gasteiger charge is -2.30. The average molecular weight is 462 g/mol. The van der Waals surface area contributed by atoms with Crippen LogP contribution in [-0.2, 0) is 6.42 Å². The first-order valence-corrected chi connectivity index (χ1v) is 10.8. The van der Waals surface area contributed by atoms with Crippen molar-refractivity contribution in [2.45, 2.75) is 25.4 Å². The number of benzene rings is 1. The van der Waals surface area contributed by atoms with Crippen LogP contribution in [0.25, 0.3) is 28.1 Å². The predicted molar refractivity (Wildman–Crippen MR) is 119 cm³/mol.